The van der Waals surface area contributed by atoms with Crippen molar-refractivity contribution in [2.45, 2.75) is 53.4 Å². The minimum Gasteiger partial charge on any atom is -0.359 e. The van der Waals surface area contributed by atoms with Crippen LogP contribution in [0.4, 0.5) is 0 Å². The summed E-state index contributed by atoms with van der Waals surface area (Å²) in [7, 11) is 0. The van der Waals surface area contributed by atoms with Gasteiger partial charge in [-0.15, -0.1) is 0 Å². The predicted octanol–water partition coefficient (Wildman–Crippen LogP) is 2.39. The molecule has 13 heavy (non-hydrogen) atoms. The summed E-state index contributed by atoms with van der Waals surface area (Å²) in [5, 5.41) is 3.42. The van der Waals surface area contributed by atoms with Crippen LogP contribution in [0.25, 0.3) is 0 Å². The summed E-state index contributed by atoms with van der Waals surface area (Å²) in [6, 6.07) is 0. The molecule has 2 nitrogen and oxygen atoms in total. The lowest BCUT2D eigenvalue weighted by atomic mass is 9.79. The number of rotatable bonds is 2. The van der Waals surface area contributed by atoms with Crippen LogP contribution in [0, 0.1) is 11.3 Å². The molecule has 0 saturated carbocycles. The van der Waals surface area contributed by atoms with Gasteiger partial charge in [-0.25, -0.2) is 0 Å². The Morgan fingerprint density at radius 3 is 2.54 bits per heavy atom. The molecule has 0 aliphatic carbocycles. The Labute approximate surface area is 82.0 Å². The first-order chi connectivity index (χ1) is 5.97. The van der Waals surface area contributed by atoms with Crippen molar-refractivity contribution in [2.75, 3.05) is 6.54 Å². The molecule has 1 rings (SSSR count). The standard InChI is InChI=1S/C11H23NO/c1-6-9-12-7-11(4,5)10(13-9)8(2)3/h8-10,12H,6-7H2,1-5H3. The highest BCUT2D eigenvalue weighted by Gasteiger charge is 2.38. The maximum atomic E-state index is 6.00. The Bertz CT molecular complexity index is 165. The Balaban J connectivity index is 2.64. The molecule has 2 atom stereocenters. The van der Waals surface area contributed by atoms with E-state index < -0.39 is 0 Å². The first-order valence-electron chi connectivity index (χ1n) is 5.36. The molecule has 1 saturated heterocycles. The third-order valence-electron chi connectivity index (χ3n) is 2.84. The van der Waals surface area contributed by atoms with Gasteiger partial charge in [-0.1, -0.05) is 34.6 Å². The van der Waals surface area contributed by atoms with Gasteiger partial charge in [-0.2, -0.15) is 0 Å². The second-order valence-corrected chi connectivity index (χ2v) is 5.07. The van der Waals surface area contributed by atoms with E-state index in [0.717, 1.165) is 13.0 Å². The van der Waals surface area contributed by atoms with E-state index in [1.807, 2.05) is 0 Å². The third kappa shape index (κ3) is 2.44. The van der Waals surface area contributed by atoms with Crippen LogP contribution < -0.4 is 5.32 Å². The van der Waals surface area contributed by atoms with Gasteiger partial charge in [0.15, 0.2) is 0 Å². The lowest BCUT2D eigenvalue weighted by Gasteiger charge is -2.44. The van der Waals surface area contributed by atoms with Crippen molar-refractivity contribution in [3.63, 3.8) is 0 Å². The quantitative estimate of drug-likeness (QED) is 0.713. The SMILES string of the molecule is CCC1NCC(C)(C)C(C(C)C)O1. The molecule has 78 valence electrons. The molecule has 2 heteroatoms. The van der Waals surface area contributed by atoms with Crippen LogP contribution in [0.15, 0.2) is 0 Å². The van der Waals surface area contributed by atoms with Gasteiger partial charge in [0.05, 0.1) is 6.10 Å². The van der Waals surface area contributed by atoms with Crippen LogP contribution in [0.2, 0.25) is 0 Å². The van der Waals surface area contributed by atoms with Gasteiger partial charge in [-0.05, 0) is 12.3 Å². The molecule has 0 aromatic carbocycles. The van der Waals surface area contributed by atoms with E-state index in [0.29, 0.717) is 12.0 Å². The normalized spacial score (nSPS) is 33.7. The van der Waals surface area contributed by atoms with Gasteiger partial charge >= 0.3 is 0 Å². The molecule has 1 aliphatic heterocycles. The van der Waals surface area contributed by atoms with Crippen LogP contribution in [-0.4, -0.2) is 18.9 Å². The topological polar surface area (TPSA) is 21.3 Å². The minimum absolute atomic E-state index is 0.264. The fraction of sp³-hybridized carbons (Fsp3) is 1.00. The molecular weight excluding hydrogens is 162 g/mol. The average molecular weight is 185 g/mol. The van der Waals surface area contributed by atoms with E-state index >= 15 is 0 Å². The fourth-order valence-electron chi connectivity index (χ4n) is 2.19. The van der Waals surface area contributed by atoms with Crippen molar-refractivity contribution in [2.24, 2.45) is 11.3 Å². The Kier molecular flexibility index (Phi) is 3.36. The van der Waals surface area contributed by atoms with E-state index in [-0.39, 0.29) is 11.6 Å². The lowest BCUT2D eigenvalue weighted by molar-refractivity contribution is -0.143. The van der Waals surface area contributed by atoms with Gasteiger partial charge in [-0.3, -0.25) is 5.32 Å². The van der Waals surface area contributed by atoms with Crippen molar-refractivity contribution < 1.29 is 4.74 Å². The van der Waals surface area contributed by atoms with E-state index in [1.165, 1.54) is 0 Å². The summed E-state index contributed by atoms with van der Waals surface area (Å²) in [5.41, 5.74) is 0.264. The maximum absolute atomic E-state index is 6.00. The van der Waals surface area contributed by atoms with Crippen LogP contribution in [0.1, 0.15) is 41.0 Å². The van der Waals surface area contributed by atoms with Crippen molar-refractivity contribution in [3.05, 3.63) is 0 Å². The molecule has 0 bridgehead atoms. The molecule has 1 heterocycles. The molecule has 0 aromatic heterocycles. The van der Waals surface area contributed by atoms with Crippen LogP contribution in [-0.2, 0) is 4.74 Å². The molecule has 1 N–H and O–H groups in total. The molecule has 0 aromatic rings. The smallest absolute Gasteiger partial charge is 0.108 e. The van der Waals surface area contributed by atoms with Gasteiger partial charge in [0.2, 0.25) is 0 Å². The molecule has 0 radical (unpaired) electrons. The van der Waals surface area contributed by atoms with Gasteiger partial charge in [0.25, 0.3) is 0 Å². The first kappa shape index (κ1) is 11.0. The maximum Gasteiger partial charge on any atom is 0.108 e. The van der Waals surface area contributed by atoms with E-state index in [9.17, 15) is 0 Å². The van der Waals surface area contributed by atoms with E-state index in [4.69, 9.17) is 4.74 Å². The Morgan fingerprint density at radius 2 is 2.08 bits per heavy atom. The van der Waals surface area contributed by atoms with Crippen LogP contribution in [0.3, 0.4) is 0 Å². The molecule has 0 amide bonds. The summed E-state index contributed by atoms with van der Waals surface area (Å²) in [5.74, 6) is 0.603. The number of hydrogen-bond acceptors (Lipinski definition) is 2. The zero-order valence-corrected chi connectivity index (χ0v) is 9.55. The second-order valence-electron chi connectivity index (χ2n) is 5.07. The Morgan fingerprint density at radius 1 is 1.46 bits per heavy atom. The van der Waals surface area contributed by atoms with Crippen molar-refractivity contribution >= 4 is 0 Å². The van der Waals surface area contributed by atoms with Gasteiger partial charge in [0, 0.05) is 12.0 Å². The van der Waals surface area contributed by atoms with Crippen LogP contribution >= 0.6 is 0 Å². The highest BCUT2D eigenvalue weighted by molar-refractivity contribution is 4.87. The highest BCUT2D eigenvalue weighted by Crippen LogP contribution is 2.32. The van der Waals surface area contributed by atoms with Crippen molar-refractivity contribution in [3.8, 4) is 0 Å². The summed E-state index contributed by atoms with van der Waals surface area (Å²) in [6.07, 6.45) is 1.71. The summed E-state index contributed by atoms with van der Waals surface area (Å²) >= 11 is 0. The Hall–Kier alpha value is -0.0800. The zero-order chi connectivity index (χ0) is 10.1. The van der Waals surface area contributed by atoms with E-state index in [2.05, 4.69) is 39.9 Å². The van der Waals surface area contributed by atoms with Gasteiger partial charge in [0.1, 0.15) is 6.23 Å². The molecule has 1 fully saturated rings. The summed E-state index contributed by atoms with van der Waals surface area (Å²) < 4.78 is 6.00. The second kappa shape index (κ2) is 3.97. The predicted molar refractivity (Wildman–Crippen MR) is 55.6 cm³/mol. The third-order valence-corrected chi connectivity index (χ3v) is 2.84. The number of nitrogens with one attached hydrogen (secondary N) is 1. The number of ether oxygens (including phenoxy) is 1. The molecule has 0 spiro atoms. The molecular formula is C11H23NO. The van der Waals surface area contributed by atoms with Crippen molar-refractivity contribution in [1.29, 1.82) is 0 Å². The highest BCUT2D eigenvalue weighted by atomic mass is 16.5. The monoisotopic (exact) mass is 185 g/mol. The summed E-state index contributed by atoms with van der Waals surface area (Å²) in [4.78, 5) is 0. The fourth-order valence-corrected chi connectivity index (χ4v) is 2.19. The minimum atomic E-state index is 0.264. The molecule has 2 unspecified atom stereocenters. The lowest BCUT2D eigenvalue weighted by Crippen LogP contribution is -2.54. The zero-order valence-electron chi connectivity index (χ0n) is 9.55. The first-order valence-corrected chi connectivity index (χ1v) is 5.36. The average Bonchev–Trinajstić information content (AvgIpc) is 2.03. The largest absolute Gasteiger partial charge is 0.359 e. The van der Waals surface area contributed by atoms with E-state index in [1.54, 1.807) is 0 Å². The summed E-state index contributed by atoms with van der Waals surface area (Å²) in [6.45, 7) is 12.3. The van der Waals surface area contributed by atoms with Crippen molar-refractivity contribution in [1.82, 2.24) is 5.32 Å². The van der Waals surface area contributed by atoms with Crippen LogP contribution in [0.5, 0.6) is 0 Å². The van der Waals surface area contributed by atoms with Gasteiger partial charge < -0.3 is 4.74 Å². The number of hydrogen-bond donors (Lipinski definition) is 1. The molecule has 1 aliphatic rings.